The van der Waals surface area contributed by atoms with E-state index in [-0.39, 0.29) is 17.7 Å². The summed E-state index contributed by atoms with van der Waals surface area (Å²) < 4.78 is 25.5. The molecular formula is C15H24N2O3S2. The Morgan fingerprint density at radius 3 is 2.73 bits per heavy atom. The molecule has 1 aromatic rings. The van der Waals surface area contributed by atoms with Crippen molar-refractivity contribution in [2.75, 3.05) is 18.8 Å². The molecule has 124 valence electrons. The Labute approximate surface area is 136 Å². The first kappa shape index (κ1) is 17.4. The molecule has 0 aliphatic carbocycles. The summed E-state index contributed by atoms with van der Waals surface area (Å²) in [6.45, 7) is 2.90. The molecule has 0 radical (unpaired) electrons. The third-order valence-corrected chi connectivity index (χ3v) is 6.70. The summed E-state index contributed by atoms with van der Waals surface area (Å²) in [5.41, 5.74) is 1.20. The van der Waals surface area contributed by atoms with E-state index in [0.29, 0.717) is 38.8 Å². The predicted octanol–water partition coefficient (Wildman–Crippen LogP) is 2.00. The van der Waals surface area contributed by atoms with E-state index in [1.807, 2.05) is 18.4 Å². The Hall–Kier alpha value is -0.920. The highest BCUT2D eigenvalue weighted by Gasteiger charge is 2.27. The van der Waals surface area contributed by atoms with Crippen molar-refractivity contribution in [2.45, 2.75) is 45.1 Å². The quantitative estimate of drug-likeness (QED) is 0.823. The lowest BCUT2D eigenvalue weighted by molar-refractivity contribution is -0.122. The maximum atomic E-state index is 12.0. The van der Waals surface area contributed by atoms with Gasteiger partial charge in [-0.2, -0.15) is 11.3 Å². The molecule has 1 aromatic heterocycles. The molecule has 0 spiro atoms. The Bertz CT molecular complexity index is 562. The van der Waals surface area contributed by atoms with Gasteiger partial charge < -0.3 is 5.32 Å². The van der Waals surface area contributed by atoms with Crippen LogP contribution in [0.1, 0.15) is 38.2 Å². The molecule has 2 heterocycles. The molecule has 1 aliphatic rings. The monoisotopic (exact) mass is 344 g/mol. The average molecular weight is 345 g/mol. The van der Waals surface area contributed by atoms with Crippen molar-refractivity contribution in [1.29, 1.82) is 0 Å². The zero-order valence-corrected chi connectivity index (χ0v) is 14.6. The van der Waals surface area contributed by atoms with Crippen LogP contribution in [0.25, 0.3) is 0 Å². The molecule has 1 saturated heterocycles. The standard InChI is InChI=1S/C15H24N2O3S2/c1-2-11-22(19,20)17-8-5-14(6-9-17)16-15(18)4-3-13-7-10-21-12-13/h7,10,12,14H,2-6,8-9,11H2,1H3,(H,16,18). The molecule has 7 heteroatoms. The second-order valence-electron chi connectivity index (χ2n) is 5.69. The summed E-state index contributed by atoms with van der Waals surface area (Å²) in [4.78, 5) is 11.9. The van der Waals surface area contributed by atoms with Crippen molar-refractivity contribution >= 4 is 27.3 Å². The lowest BCUT2D eigenvalue weighted by atomic mass is 10.1. The van der Waals surface area contributed by atoms with E-state index in [0.717, 1.165) is 6.42 Å². The number of hydrogen-bond donors (Lipinski definition) is 1. The van der Waals surface area contributed by atoms with E-state index < -0.39 is 10.0 Å². The van der Waals surface area contributed by atoms with Crippen molar-refractivity contribution in [3.05, 3.63) is 22.4 Å². The minimum absolute atomic E-state index is 0.0565. The highest BCUT2D eigenvalue weighted by Crippen LogP contribution is 2.15. The van der Waals surface area contributed by atoms with Crippen LogP contribution in [-0.4, -0.2) is 43.5 Å². The normalized spacial score (nSPS) is 17.5. The SMILES string of the molecule is CCCS(=O)(=O)N1CCC(NC(=O)CCc2ccsc2)CC1. The van der Waals surface area contributed by atoms with Crippen LogP contribution in [0.3, 0.4) is 0 Å². The summed E-state index contributed by atoms with van der Waals surface area (Å²) in [5.74, 6) is 0.270. The molecule has 0 bridgehead atoms. The molecule has 0 saturated carbocycles. The lowest BCUT2D eigenvalue weighted by Crippen LogP contribution is -2.47. The van der Waals surface area contributed by atoms with Gasteiger partial charge in [0.2, 0.25) is 15.9 Å². The number of thiophene rings is 1. The van der Waals surface area contributed by atoms with Crippen molar-refractivity contribution in [3.8, 4) is 0 Å². The number of carbonyl (C=O) groups excluding carboxylic acids is 1. The molecule has 1 fully saturated rings. The van der Waals surface area contributed by atoms with Crippen molar-refractivity contribution in [1.82, 2.24) is 9.62 Å². The minimum atomic E-state index is -3.10. The topological polar surface area (TPSA) is 66.5 Å². The number of rotatable bonds is 7. The predicted molar refractivity (Wildman–Crippen MR) is 89.5 cm³/mol. The van der Waals surface area contributed by atoms with E-state index in [9.17, 15) is 13.2 Å². The van der Waals surface area contributed by atoms with Crippen LogP contribution in [0.4, 0.5) is 0 Å². The Balaban J connectivity index is 1.72. The third kappa shape index (κ3) is 5.07. The van der Waals surface area contributed by atoms with Crippen LogP contribution in [-0.2, 0) is 21.2 Å². The van der Waals surface area contributed by atoms with Crippen LogP contribution >= 0.6 is 11.3 Å². The van der Waals surface area contributed by atoms with Crippen LogP contribution in [0, 0.1) is 0 Å². The maximum Gasteiger partial charge on any atom is 0.220 e. The van der Waals surface area contributed by atoms with Gasteiger partial charge in [-0.15, -0.1) is 0 Å². The largest absolute Gasteiger partial charge is 0.353 e. The van der Waals surface area contributed by atoms with Gasteiger partial charge in [0.25, 0.3) is 0 Å². The lowest BCUT2D eigenvalue weighted by Gasteiger charge is -2.31. The van der Waals surface area contributed by atoms with E-state index >= 15 is 0 Å². The average Bonchev–Trinajstić information content (AvgIpc) is 2.99. The molecule has 5 nitrogen and oxygen atoms in total. The first-order valence-corrected chi connectivity index (χ1v) is 10.3. The van der Waals surface area contributed by atoms with Crippen molar-refractivity contribution < 1.29 is 13.2 Å². The number of carbonyl (C=O) groups is 1. The molecular weight excluding hydrogens is 320 g/mol. The van der Waals surface area contributed by atoms with Gasteiger partial charge in [-0.3, -0.25) is 4.79 Å². The zero-order chi connectivity index (χ0) is 16.0. The first-order valence-electron chi connectivity index (χ1n) is 7.79. The van der Waals surface area contributed by atoms with Crippen LogP contribution in [0.2, 0.25) is 0 Å². The van der Waals surface area contributed by atoms with E-state index in [2.05, 4.69) is 10.7 Å². The van der Waals surface area contributed by atoms with E-state index in [1.54, 1.807) is 15.6 Å². The number of hydrogen-bond acceptors (Lipinski definition) is 4. The summed E-state index contributed by atoms with van der Waals surface area (Å²) in [6, 6.07) is 2.14. The Kier molecular flexibility index (Phi) is 6.40. The molecule has 22 heavy (non-hydrogen) atoms. The molecule has 2 rings (SSSR count). The highest BCUT2D eigenvalue weighted by atomic mass is 32.2. The van der Waals surface area contributed by atoms with Gasteiger partial charge in [0.05, 0.1) is 5.75 Å². The summed E-state index contributed by atoms with van der Waals surface area (Å²) in [7, 11) is -3.10. The van der Waals surface area contributed by atoms with Gasteiger partial charge in [-0.05, 0) is 48.1 Å². The number of aryl methyl sites for hydroxylation is 1. The van der Waals surface area contributed by atoms with Gasteiger partial charge in [-0.1, -0.05) is 6.92 Å². The van der Waals surface area contributed by atoms with Gasteiger partial charge in [0, 0.05) is 25.6 Å². The fourth-order valence-corrected chi connectivity index (χ4v) is 4.90. The molecule has 1 aliphatic heterocycles. The van der Waals surface area contributed by atoms with Crippen LogP contribution in [0.5, 0.6) is 0 Å². The fraction of sp³-hybridized carbons (Fsp3) is 0.667. The van der Waals surface area contributed by atoms with Crippen molar-refractivity contribution in [2.24, 2.45) is 0 Å². The summed E-state index contributed by atoms with van der Waals surface area (Å²) >= 11 is 1.64. The number of sulfonamides is 1. The Morgan fingerprint density at radius 1 is 1.41 bits per heavy atom. The van der Waals surface area contributed by atoms with Gasteiger partial charge >= 0.3 is 0 Å². The number of piperidine rings is 1. The minimum Gasteiger partial charge on any atom is -0.353 e. The van der Waals surface area contributed by atoms with E-state index in [4.69, 9.17) is 0 Å². The number of nitrogens with one attached hydrogen (secondary N) is 1. The second kappa shape index (κ2) is 8.08. The van der Waals surface area contributed by atoms with Crippen molar-refractivity contribution in [3.63, 3.8) is 0 Å². The number of amides is 1. The zero-order valence-electron chi connectivity index (χ0n) is 13.0. The number of nitrogens with zero attached hydrogens (tertiary/aromatic N) is 1. The van der Waals surface area contributed by atoms with Gasteiger partial charge in [0.1, 0.15) is 0 Å². The van der Waals surface area contributed by atoms with E-state index in [1.165, 1.54) is 5.56 Å². The smallest absolute Gasteiger partial charge is 0.220 e. The second-order valence-corrected chi connectivity index (χ2v) is 8.56. The molecule has 0 unspecified atom stereocenters. The molecule has 0 aromatic carbocycles. The first-order chi connectivity index (χ1) is 10.5. The van der Waals surface area contributed by atoms with Crippen LogP contribution in [0.15, 0.2) is 16.8 Å². The van der Waals surface area contributed by atoms with Crippen LogP contribution < -0.4 is 5.32 Å². The molecule has 1 amide bonds. The van der Waals surface area contributed by atoms with Gasteiger partial charge in [-0.25, -0.2) is 12.7 Å². The summed E-state index contributed by atoms with van der Waals surface area (Å²) in [5, 5.41) is 7.10. The van der Waals surface area contributed by atoms with Gasteiger partial charge in [0.15, 0.2) is 0 Å². The fourth-order valence-electron chi connectivity index (χ4n) is 2.66. The Morgan fingerprint density at radius 2 is 2.14 bits per heavy atom. The molecule has 1 N–H and O–H groups in total. The summed E-state index contributed by atoms with van der Waals surface area (Å²) in [6.07, 6.45) is 3.30. The third-order valence-electron chi connectivity index (χ3n) is 3.90. The highest BCUT2D eigenvalue weighted by molar-refractivity contribution is 7.89. The molecule has 0 atom stereocenters. The maximum absolute atomic E-state index is 12.0.